The van der Waals surface area contributed by atoms with Crippen LogP contribution in [-0.2, 0) is 12.8 Å². The standard InChI is InChI=1S/C26H33F4N3O2S/c1-26(29,30)16-35-25-32-20-9-13-33(14-10-22(20)36-25)12-8-17-4-6-18(7-5-17)15-21(34)19-3-2-11-31-23(19)24(27)28/h2-3,11,17-18,24H,4-10,12-16H2,1H3. The number of ketones is 1. The third-order valence-corrected chi connectivity index (χ3v) is 8.24. The van der Waals surface area contributed by atoms with Gasteiger partial charge in [-0.3, -0.25) is 9.78 Å². The summed E-state index contributed by atoms with van der Waals surface area (Å²) in [5.41, 5.74) is 0.607. The van der Waals surface area contributed by atoms with Crippen molar-refractivity contribution in [1.29, 1.82) is 0 Å². The van der Waals surface area contributed by atoms with Crippen LogP contribution in [0.3, 0.4) is 0 Å². The van der Waals surface area contributed by atoms with Crippen LogP contribution in [0.2, 0.25) is 0 Å². The highest BCUT2D eigenvalue weighted by Gasteiger charge is 2.27. The van der Waals surface area contributed by atoms with Gasteiger partial charge in [-0.05, 0) is 56.2 Å². The topological polar surface area (TPSA) is 55.3 Å². The fraction of sp³-hybridized carbons (Fsp3) is 0.654. The molecule has 0 radical (unpaired) electrons. The summed E-state index contributed by atoms with van der Waals surface area (Å²) in [5, 5.41) is 0.333. The van der Waals surface area contributed by atoms with Gasteiger partial charge in [-0.1, -0.05) is 24.2 Å². The van der Waals surface area contributed by atoms with Crippen molar-refractivity contribution in [2.75, 3.05) is 26.2 Å². The van der Waals surface area contributed by atoms with Crippen LogP contribution in [0, 0.1) is 11.8 Å². The predicted octanol–water partition coefficient (Wildman–Crippen LogP) is 6.38. The van der Waals surface area contributed by atoms with Crippen LogP contribution < -0.4 is 4.74 Å². The summed E-state index contributed by atoms with van der Waals surface area (Å²) in [7, 11) is 0. The summed E-state index contributed by atoms with van der Waals surface area (Å²) < 4.78 is 57.6. The summed E-state index contributed by atoms with van der Waals surface area (Å²) in [5.74, 6) is -2.25. The lowest BCUT2D eigenvalue weighted by Crippen LogP contribution is -2.30. The second-order valence-electron chi connectivity index (χ2n) is 10.1. The van der Waals surface area contributed by atoms with E-state index in [0.29, 0.717) is 17.5 Å². The van der Waals surface area contributed by atoms with Gasteiger partial charge in [0.25, 0.3) is 17.5 Å². The highest BCUT2D eigenvalue weighted by molar-refractivity contribution is 7.13. The van der Waals surface area contributed by atoms with Gasteiger partial charge in [-0.25, -0.2) is 22.5 Å². The molecule has 1 aliphatic carbocycles. The van der Waals surface area contributed by atoms with Crippen LogP contribution in [0.25, 0.3) is 0 Å². The molecule has 2 aromatic rings. The number of Topliss-reactive ketones (excluding diaryl/α,β-unsaturated/α-hetero) is 1. The predicted molar refractivity (Wildman–Crippen MR) is 130 cm³/mol. The molecule has 5 nitrogen and oxygen atoms in total. The summed E-state index contributed by atoms with van der Waals surface area (Å²) in [4.78, 5) is 24.3. The number of pyridine rings is 1. The molecule has 10 heteroatoms. The molecule has 1 saturated carbocycles. The van der Waals surface area contributed by atoms with Crippen molar-refractivity contribution in [2.45, 2.75) is 70.6 Å². The van der Waals surface area contributed by atoms with Gasteiger partial charge in [0.05, 0.1) is 5.69 Å². The number of hydrogen-bond acceptors (Lipinski definition) is 6. The molecule has 1 fully saturated rings. The molecule has 0 aromatic carbocycles. The molecule has 1 aliphatic heterocycles. The van der Waals surface area contributed by atoms with E-state index >= 15 is 0 Å². The van der Waals surface area contributed by atoms with Crippen molar-refractivity contribution in [1.82, 2.24) is 14.9 Å². The first-order valence-corrected chi connectivity index (χ1v) is 13.5. The van der Waals surface area contributed by atoms with Gasteiger partial charge in [0.2, 0.25) is 0 Å². The molecule has 2 aromatic heterocycles. The smallest absolute Gasteiger partial charge is 0.281 e. The van der Waals surface area contributed by atoms with E-state index in [1.807, 2.05) is 0 Å². The Morgan fingerprint density at radius 3 is 2.64 bits per heavy atom. The Bertz CT molecular complexity index is 993. The lowest BCUT2D eigenvalue weighted by atomic mass is 9.78. The molecule has 0 saturated heterocycles. The molecule has 0 bridgehead atoms. The Kier molecular flexibility index (Phi) is 8.98. The number of hydrogen-bond donors (Lipinski definition) is 0. The normalized spacial score (nSPS) is 21.3. The van der Waals surface area contributed by atoms with Crippen molar-refractivity contribution in [3.8, 4) is 5.19 Å². The van der Waals surface area contributed by atoms with Crippen LogP contribution in [0.15, 0.2) is 18.3 Å². The van der Waals surface area contributed by atoms with E-state index in [4.69, 9.17) is 4.74 Å². The number of aromatic nitrogens is 2. The van der Waals surface area contributed by atoms with Crippen LogP contribution >= 0.6 is 11.3 Å². The molecular weight excluding hydrogens is 494 g/mol. The Hall–Kier alpha value is -2.07. The van der Waals surface area contributed by atoms with E-state index < -0.39 is 24.6 Å². The van der Waals surface area contributed by atoms with Crippen molar-refractivity contribution in [3.05, 3.63) is 40.2 Å². The highest BCUT2D eigenvalue weighted by Crippen LogP contribution is 2.35. The zero-order chi connectivity index (χ0) is 25.7. The number of alkyl halides is 4. The Morgan fingerprint density at radius 1 is 1.19 bits per heavy atom. The van der Waals surface area contributed by atoms with E-state index in [0.717, 1.165) is 82.1 Å². The molecular formula is C26H33F4N3O2S. The van der Waals surface area contributed by atoms with Crippen molar-refractivity contribution in [2.24, 2.45) is 11.8 Å². The molecule has 0 unspecified atom stereocenters. The molecule has 36 heavy (non-hydrogen) atoms. The minimum Gasteiger partial charge on any atom is -0.464 e. The average Bonchev–Trinajstić information content (AvgIpc) is 3.15. The van der Waals surface area contributed by atoms with Gasteiger partial charge >= 0.3 is 0 Å². The Balaban J connectivity index is 1.17. The molecule has 198 valence electrons. The van der Waals surface area contributed by atoms with Crippen LogP contribution in [0.5, 0.6) is 5.19 Å². The van der Waals surface area contributed by atoms with Crippen LogP contribution in [0.1, 0.15) is 78.5 Å². The quantitative estimate of drug-likeness (QED) is 0.265. The monoisotopic (exact) mass is 527 g/mol. The zero-order valence-corrected chi connectivity index (χ0v) is 21.3. The number of ether oxygens (including phenoxy) is 1. The first-order valence-electron chi connectivity index (χ1n) is 12.7. The van der Waals surface area contributed by atoms with Gasteiger partial charge in [0, 0.05) is 49.5 Å². The lowest BCUT2D eigenvalue weighted by molar-refractivity contribution is -0.0230. The van der Waals surface area contributed by atoms with Gasteiger partial charge in [0.1, 0.15) is 5.69 Å². The lowest BCUT2D eigenvalue weighted by Gasteiger charge is -2.30. The third-order valence-electron chi connectivity index (χ3n) is 7.17. The summed E-state index contributed by atoms with van der Waals surface area (Å²) >= 11 is 1.38. The largest absolute Gasteiger partial charge is 0.464 e. The summed E-state index contributed by atoms with van der Waals surface area (Å²) in [6.07, 6.45) is 5.60. The molecule has 0 spiro atoms. The van der Waals surface area contributed by atoms with Crippen molar-refractivity contribution in [3.63, 3.8) is 0 Å². The van der Waals surface area contributed by atoms with Crippen molar-refractivity contribution >= 4 is 17.1 Å². The number of carbonyl (C=O) groups is 1. The fourth-order valence-corrected chi connectivity index (χ4v) is 6.09. The van der Waals surface area contributed by atoms with E-state index in [2.05, 4.69) is 14.9 Å². The molecule has 4 rings (SSSR count). The number of thiazole rings is 1. The summed E-state index contributed by atoms with van der Waals surface area (Å²) in [6.45, 7) is 3.00. The number of nitrogens with zero attached hydrogens (tertiary/aromatic N) is 3. The maximum absolute atomic E-state index is 13.2. The maximum Gasteiger partial charge on any atom is 0.281 e. The maximum atomic E-state index is 13.2. The highest BCUT2D eigenvalue weighted by atomic mass is 32.1. The first kappa shape index (κ1) is 27.0. The van der Waals surface area contributed by atoms with Crippen LogP contribution in [-0.4, -0.2) is 52.8 Å². The molecule has 3 heterocycles. The second-order valence-corrected chi connectivity index (χ2v) is 11.1. The molecule has 0 atom stereocenters. The van der Waals surface area contributed by atoms with Gasteiger partial charge in [-0.2, -0.15) is 0 Å². The van der Waals surface area contributed by atoms with Crippen molar-refractivity contribution < 1.29 is 27.1 Å². The minimum absolute atomic E-state index is 0.0563. The number of carbonyl (C=O) groups excluding carboxylic acids is 1. The number of halogens is 4. The zero-order valence-electron chi connectivity index (χ0n) is 20.5. The third kappa shape index (κ3) is 7.47. The molecule has 0 amide bonds. The number of rotatable bonds is 10. The van der Waals surface area contributed by atoms with E-state index in [-0.39, 0.29) is 17.3 Å². The average molecular weight is 528 g/mol. The van der Waals surface area contributed by atoms with E-state index in [9.17, 15) is 22.4 Å². The Morgan fingerprint density at radius 2 is 1.92 bits per heavy atom. The Labute approximate surface area is 213 Å². The SMILES string of the molecule is CC(F)(F)COc1nc2c(s1)CCN(CCC1CCC(CC(=O)c3cccnc3C(F)F)CC1)CC2. The van der Waals surface area contributed by atoms with Gasteiger partial charge in [-0.15, -0.1) is 0 Å². The van der Waals surface area contributed by atoms with E-state index in [1.165, 1.54) is 29.7 Å². The summed E-state index contributed by atoms with van der Waals surface area (Å²) in [6, 6.07) is 2.99. The van der Waals surface area contributed by atoms with E-state index in [1.54, 1.807) is 0 Å². The molecule has 0 N–H and O–H groups in total. The van der Waals surface area contributed by atoms with Gasteiger partial charge in [0.15, 0.2) is 12.4 Å². The van der Waals surface area contributed by atoms with Crippen LogP contribution in [0.4, 0.5) is 17.6 Å². The fourth-order valence-electron chi connectivity index (χ4n) is 5.15. The number of fused-ring (bicyclic) bond motifs is 1. The minimum atomic E-state index is -2.87. The molecule has 2 aliphatic rings. The second kappa shape index (κ2) is 12.0. The first-order chi connectivity index (χ1) is 17.2. The van der Waals surface area contributed by atoms with Gasteiger partial charge < -0.3 is 9.64 Å².